The third kappa shape index (κ3) is 7.16. The minimum Gasteiger partial charge on any atom is -0.476 e. The van der Waals surface area contributed by atoms with Crippen LogP contribution in [-0.4, -0.2) is 51.9 Å². The molecule has 1 amide bonds. The fourth-order valence-electron chi connectivity index (χ4n) is 1.44. The Morgan fingerprint density at radius 1 is 1.44 bits per heavy atom. The minimum atomic E-state index is -1.38. The van der Waals surface area contributed by atoms with Crippen molar-refractivity contribution in [2.24, 2.45) is 5.16 Å². The van der Waals surface area contributed by atoms with Crippen LogP contribution < -0.4 is 11.1 Å². The highest BCUT2D eigenvalue weighted by Crippen LogP contribution is 2.12. The van der Waals surface area contributed by atoms with Crippen LogP contribution in [0.25, 0.3) is 0 Å². The fraction of sp³-hybridized carbons (Fsp3) is 0.500. The van der Waals surface area contributed by atoms with Crippen LogP contribution in [0.1, 0.15) is 33.4 Å². The van der Waals surface area contributed by atoms with Gasteiger partial charge in [0.05, 0.1) is 6.04 Å². The number of carboxylic acid groups (broad SMARTS) is 1. The van der Waals surface area contributed by atoms with Gasteiger partial charge in [0, 0.05) is 5.38 Å². The summed E-state index contributed by atoms with van der Waals surface area (Å²) in [4.78, 5) is 43.2. The Morgan fingerprint density at radius 2 is 2.08 bits per heavy atom. The van der Waals surface area contributed by atoms with Crippen molar-refractivity contribution in [3.05, 3.63) is 11.1 Å². The Bertz CT molecular complexity index is 679. The molecule has 1 rings (SSSR count). The van der Waals surface area contributed by atoms with Gasteiger partial charge in [-0.15, -0.1) is 11.3 Å². The predicted molar refractivity (Wildman–Crippen MR) is 90.5 cm³/mol. The molecule has 0 aliphatic heterocycles. The van der Waals surface area contributed by atoms with Gasteiger partial charge in [0.1, 0.15) is 11.3 Å². The number of carbonyl (C=O) groups is 3. The molecule has 0 unspecified atom stereocenters. The number of nitrogen functional groups attached to an aromatic ring is 1. The maximum absolute atomic E-state index is 11.9. The van der Waals surface area contributed by atoms with Gasteiger partial charge in [-0.05, 0) is 27.7 Å². The molecule has 10 nitrogen and oxygen atoms in total. The SMILES string of the molecule is C[C@H](NC(=O)OC(C)(C)C)C(=O)CON=C(C(=O)O)c1csc(N)n1. The molecule has 0 aliphatic carbocycles. The second-order valence-corrected chi connectivity index (χ2v) is 6.81. The number of hydrogen-bond donors (Lipinski definition) is 3. The Labute approximate surface area is 148 Å². The van der Waals surface area contributed by atoms with Crippen molar-refractivity contribution in [3.63, 3.8) is 0 Å². The van der Waals surface area contributed by atoms with E-state index in [1.54, 1.807) is 20.8 Å². The molecule has 4 N–H and O–H groups in total. The van der Waals surface area contributed by atoms with E-state index in [-0.39, 0.29) is 10.8 Å². The van der Waals surface area contributed by atoms with Gasteiger partial charge in [0.25, 0.3) is 0 Å². The number of aromatic nitrogens is 1. The van der Waals surface area contributed by atoms with Crippen LogP contribution in [0.4, 0.5) is 9.93 Å². The van der Waals surface area contributed by atoms with Gasteiger partial charge in [-0.3, -0.25) is 4.79 Å². The molecule has 0 saturated carbocycles. The first-order valence-corrected chi connectivity index (χ1v) is 8.04. The lowest BCUT2D eigenvalue weighted by atomic mass is 10.2. The first-order chi connectivity index (χ1) is 11.5. The molecule has 0 saturated heterocycles. The van der Waals surface area contributed by atoms with Crippen molar-refractivity contribution in [3.8, 4) is 0 Å². The summed E-state index contributed by atoms with van der Waals surface area (Å²) in [5, 5.41) is 16.4. The molecule has 1 atom stereocenters. The van der Waals surface area contributed by atoms with Crippen LogP contribution in [0.3, 0.4) is 0 Å². The molecule has 0 aromatic carbocycles. The zero-order valence-corrected chi connectivity index (χ0v) is 15.0. The van der Waals surface area contributed by atoms with Gasteiger partial charge >= 0.3 is 12.1 Å². The van der Waals surface area contributed by atoms with Gasteiger partial charge in [-0.2, -0.15) is 0 Å². The molecule has 1 aromatic heterocycles. The summed E-state index contributed by atoms with van der Waals surface area (Å²) in [5.74, 6) is -1.89. The molecule has 0 aliphatic rings. The number of hydrogen-bond acceptors (Lipinski definition) is 9. The van der Waals surface area contributed by atoms with Crippen LogP contribution in [0, 0.1) is 0 Å². The molecule has 25 heavy (non-hydrogen) atoms. The number of ether oxygens (including phenoxy) is 1. The van der Waals surface area contributed by atoms with Crippen LogP contribution in [-0.2, 0) is 19.2 Å². The van der Waals surface area contributed by atoms with E-state index in [2.05, 4.69) is 15.5 Å². The third-order valence-electron chi connectivity index (χ3n) is 2.55. The van der Waals surface area contributed by atoms with Gasteiger partial charge < -0.3 is 25.7 Å². The first-order valence-electron chi connectivity index (χ1n) is 7.16. The number of carbonyl (C=O) groups excluding carboxylic acids is 2. The average molecular weight is 372 g/mol. The number of carboxylic acids is 1. The lowest BCUT2D eigenvalue weighted by Crippen LogP contribution is -2.42. The van der Waals surface area contributed by atoms with Crippen LogP contribution in [0.5, 0.6) is 0 Å². The van der Waals surface area contributed by atoms with E-state index in [1.165, 1.54) is 12.3 Å². The molecule has 1 aromatic rings. The highest BCUT2D eigenvalue weighted by atomic mass is 32.1. The second-order valence-electron chi connectivity index (χ2n) is 5.92. The van der Waals surface area contributed by atoms with E-state index >= 15 is 0 Å². The van der Waals surface area contributed by atoms with Gasteiger partial charge in [-0.25, -0.2) is 14.6 Å². The zero-order chi connectivity index (χ0) is 19.2. The summed E-state index contributed by atoms with van der Waals surface area (Å²) in [6.45, 7) is 5.98. The smallest absolute Gasteiger partial charge is 0.408 e. The van der Waals surface area contributed by atoms with E-state index in [9.17, 15) is 14.4 Å². The van der Waals surface area contributed by atoms with Gasteiger partial charge in [0.2, 0.25) is 5.71 Å². The minimum absolute atomic E-state index is 0.0300. The van der Waals surface area contributed by atoms with E-state index in [1.807, 2.05) is 0 Å². The van der Waals surface area contributed by atoms with E-state index in [0.717, 1.165) is 11.3 Å². The molecule has 11 heteroatoms. The largest absolute Gasteiger partial charge is 0.476 e. The summed E-state index contributed by atoms with van der Waals surface area (Å²) in [5.41, 5.74) is 4.29. The number of nitrogens with zero attached hydrogens (tertiary/aromatic N) is 2. The van der Waals surface area contributed by atoms with E-state index in [0.29, 0.717) is 0 Å². The van der Waals surface area contributed by atoms with Gasteiger partial charge in [0.15, 0.2) is 17.5 Å². The molecule has 138 valence electrons. The molecule has 0 spiro atoms. The Balaban J connectivity index is 2.59. The maximum atomic E-state index is 11.9. The molecule has 0 radical (unpaired) electrons. The quantitative estimate of drug-likeness (QED) is 0.473. The van der Waals surface area contributed by atoms with Crippen molar-refractivity contribution in [2.45, 2.75) is 39.3 Å². The Hall–Kier alpha value is -2.69. The molecule has 0 bridgehead atoms. The number of rotatable bonds is 7. The topological polar surface area (TPSA) is 153 Å². The van der Waals surface area contributed by atoms with Crippen LogP contribution in [0.2, 0.25) is 0 Å². The number of oxime groups is 1. The monoisotopic (exact) mass is 372 g/mol. The fourth-order valence-corrected chi connectivity index (χ4v) is 1.99. The van der Waals surface area contributed by atoms with Crippen molar-refractivity contribution in [1.82, 2.24) is 10.3 Å². The summed E-state index contributed by atoms with van der Waals surface area (Å²) in [6.07, 6.45) is -0.749. The standard InChI is InChI=1S/C14H20N4O6S/c1-7(16-13(22)24-14(2,3)4)9(19)5-23-18-10(11(20)21)8-6-25-12(15)17-8/h6-7H,5H2,1-4H3,(H2,15,17)(H,16,22)(H,20,21)/t7-/m0/s1. The second kappa shape index (κ2) is 8.42. The number of anilines is 1. The van der Waals surface area contributed by atoms with Gasteiger partial charge in [-0.1, -0.05) is 5.16 Å². The summed E-state index contributed by atoms with van der Waals surface area (Å²) >= 11 is 1.04. The average Bonchev–Trinajstić information content (AvgIpc) is 2.86. The number of nitrogens with two attached hydrogens (primary N) is 1. The summed E-state index contributed by atoms with van der Waals surface area (Å²) in [6, 6.07) is -0.895. The number of thiazole rings is 1. The van der Waals surface area contributed by atoms with Crippen molar-refractivity contribution < 1.29 is 29.1 Å². The highest BCUT2D eigenvalue weighted by Gasteiger charge is 2.22. The number of nitrogens with one attached hydrogen (secondary N) is 1. The summed E-state index contributed by atoms with van der Waals surface area (Å²) in [7, 11) is 0. The molecule has 0 fully saturated rings. The lowest BCUT2D eigenvalue weighted by molar-refractivity contribution is -0.130. The van der Waals surface area contributed by atoms with E-state index < -0.39 is 41.8 Å². The first kappa shape index (κ1) is 20.4. The third-order valence-corrected chi connectivity index (χ3v) is 3.22. The number of alkyl carbamates (subject to hydrolysis) is 1. The maximum Gasteiger partial charge on any atom is 0.408 e. The normalized spacial score (nSPS) is 13.0. The van der Waals surface area contributed by atoms with Crippen molar-refractivity contribution >= 4 is 40.0 Å². The molecule has 1 heterocycles. The number of aliphatic carboxylic acids is 1. The highest BCUT2D eigenvalue weighted by molar-refractivity contribution is 7.13. The summed E-state index contributed by atoms with van der Waals surface area (Å²) < 4.78 is 5.03. The number of ketones is 1. The molecular weight excluding hydrogens is 352 g/mol. The van der Waals surface area contributed by atoms with Crippen molar-refractivity contribution in [1.29, 1.82) is 0 Å². The Morgan fingerprint density at radius 3 is 2.56 bits per heavy atom. The molecular formula is C14H20N4O6S. The lowest BCUT2D eigenvalue weighted by Gasteiger charge is -2.21. The van der Waals surface area contributed by atoms with E-state index in [4.69, 9.17) is 20.4 Å². The van der Waals surface area contributed by atoms with Crippen LogP contribution >= 0.6 is 11.3 Å². The number of Topliss-reactive ketones (excluding diaryl/α,β-unsaturated/α-hetero) is 1. The Kier molecular flexibility index (Phi) is 6.86. The zero-order valence-electron chi connectivity index (χ0n) is 14.2. The number of amides is 1. The van der Waals surface area contributed by atoms with Crippen molar-refractivity contribution in [2.75, 3.05) is 12.3 Å². The van der Waals surface area contributed by atoms with Crippen LogP contribution in [0.15, 0.2) is 10.5 Å². The predicted octanol–water partition coefficient (Wildman–Crippen LogP) is 1.01.